The van der Waals surface area contributed by atoms with E-state index in [0.29, 0.717) is 5.75 Å². The van der Waals surface area contributed by atoms with E-state index in [1.54, 1.807) is 7.11 Å². The van der Waals surface area contributed by atoms with Crippen molar-refractivity contribution < 1.29 is 9.84 Å². The van der Waals surface area contributed by atoms with Crippen LogP contribution >= 0.6 is 0 Å². The van der Waals surface area contributed by atoms with Crippen LogP contribution in [0.1, 0.15) is 24.0 Å². The van der Waals surface area contributed by atoms with Crippen LogP contribution in [0.2, 0.25) is 0 Å². The van der Waals surface area contributed by atoms with Gasteiger partial charge in [-0.05, 0) is 25.3 Å². The Labute approximate surface area is 83.5 Å². The summed E-state index contributed by atoms with van der Waals surface area (Å²) in [5.41, 5.74) is 7.54. The van der Waals surface area contributed by atoms with Crippen molar-refractivity contribution in [3.8, 4) is 11.5 Å². The summed E-state index contributed by atoms with van der Waals surface area (Å²) < 4.78 is 5.19. The molecule has 1 saturated carbocycles. The Balaban J connectivity index is 2.55. The summed E-state index contributed by atoms with van der Waals surface area (Å²) in [6, 6.07) is 3.82. The van der Waals surface area contributed by atoms with Crippen LogP contribution in [0, 0.1) is 6.92 Å². The number of benzene rings is 1. The van der Waals surface area contributed by atoms with E-state index in [1.165, 1.54) is 0 Å². The molecule has 1 aromatic carbocycles. The van der Waals surface area contributed by atoms with Gasteiger partial charge in [0.1, 0.15) is 0 Å². The van der Waals surface area contributed by atoms with Crippen molar-refractivity contribution in [1.82, 2.24) is 0 Å². The molecule has 0 radical (unpaired) electrons. The van der Waals surface area contributed by atoms with E-state index in [4.69, 9.17) is 10.5 Å². The largest absolute Gasteiger partial charge is 0.504 e. The van der Waals surface area contributed by atoms with Crippen LogP contribution in [-0.4, -0.2) is 12.2 Å². The van der Waals surface area contributed by atoms with Crippen molar-refractivity contribution in [2.45, 2.75) is 25.3 Å². The molecule has 0 spiro atoms. The minimum atomic E-state index is -0.267. The fourth-order valence-corrected chi connectivity index (χ4v) is 1.67. The second-order valence-electron chi connectivity index (χ2n) is 3.97. The third-order valence-corrected chi connectivity index (χ3v) is 2.86. The highest BCUT2D eigenvalue weighted by Crippen LogP contribution is 2.49. The molecule has 1 aliphatic rings. The summed E-state index contributed by atoms with van der Waals surface area (Å²) in [5.74, 6) is 0.742. The highest BCUT2D eigenvalue weighted by atomic mass is 16.5. The average Bonchev–Trinajstić information content (AvgIpc) is 2.89. The summed E-state index contributed by atoms with van der Waals surface area (Å²) in [4.78, 5) is 0. The van der Waals surface area contributed by atoms with E-state index in [2.05, 4.69) is 0 Å². The molecule has 1 aromatic rings. The molecule has 3 nitrogen and oxygen atoms in total. The lowest BCUT2D eigenvalue weighted by Gasteiger charge is -2.16. The van der Waals surface area contributed by atoms with Crippen LogP contribution in [0.3, 0.4) is 0 Å². The van der Waals surface area contributed by atoms with Crippen molar-refractivity contribution in [2.24, 2.45) is 5.73 Å². The smallest absolute Gasteiger partial charge is 0.165 e. The van der Waals surface area contributed by atoms with Gasteiger partial charge in [-0.25, -0.2) is 0 Å². The topological polar surface area (TPSA) is 55.5 Å². The van der Waals surface area contributed by atoms with E-state index in [0.717, 1.165) is 24.0 Å². The maximum absolute atomic E-state index is 9.79. The zero-order chi connectivity index (χ0) is 10.3. The van der Waals surface area contributed by atoms with Crippen LogP contribution < -0.4 is 10.5 Å². The number of hydrogen-bond donors (Lipinski definition) is 2. The van der Waals surface area contributed by atoms with E-state index >= 15 is 0 Å². The molecule has 3 N–H and O–H groups in total. The summed E-state index contributed by atoms with van der Waals surface area (Å²) in [7, 11) is 1.56. The third kappa shape index (κ3) is 1.24. The van der Waals surface area contributed by atoms with Gasteiger partial charge in [0.15, 0.2) is 11.5 Å². The molecule has 14 heavy (non-hydrogen) atoms. The van der Waals surface area contributed by atoms with E-state index < -0.39 is 0 Å². The predicted molar refractivity (Wildman–Crippen MR) is 54.5 cm³/mol. The first-order valence-electron chi connectivity index (χ1n) is 4.74. The predicted octanol–water partition coefficient (Wildman–Crippen LogP) is 1.66. The summed E-state index contributed by atoms with van der Waals surface area (Å²) in [5, 5.41) is 9.79. The van der Waals surface area contributed by atoms with Gasteiger partial charge in [0.25, 0.3) is 0 Å². The molecule has 2 rings (SSSR count). The number of aromatic hydroxyl groups is 1. The second-order valence-corrected chi connectivity index (χ2v) is 3.97. The van der Waals surface area contributed by atoms with Crippen LogP contribution in [0.4, 0.5) is 0 Å². The first-order chi connectivity index (χ1) is 6.58. The third-order valence-electron chi connectivity index (χ3n) is 2.86. The molecule has 76 valence electrons. The van der Waals surface area contributed by atoms with E-state index in [1.807, 2.05) is 19.1 Å². The van der Waals surface area contributed by atoms with Crippen LogP contribution in [0.15, 0.2) is 12.1 Å². The number of methoxy groups -OCH3 is 1. The molecule has 0 aromatic heterocycles. The Kier molecular flexibility index (Phi) is 1.93. The Morgan fingerprint density at radius 1 is 1.43 bits per heavy atom. The molecule has 0 bridgehead atoms. The number of ether oxygens (including phenoxy) is 1. The Morgan fingerprint density at radius 3 is 2.57 bits per heavy atom. The molecule has 0 amide bonds. The van der Waals surface area contributed by atoms with Gasteiger partial charge >= 0.3 is 0 Å². The Bertz CT molecular complexity index is 370. The zero-order valence-corrected chi connectivity index (χ0v) is 8.50. The zero-order valence-electron chi connectivity index (χ0n) is 8.50. The molecule has 1 fully saturated rings. The van der Waals surface area contributed by atoms with Gasteiger partial charge in [0.05, 0.1) is 7.11 Å². The van der Waals surface area contributed by atoms with Gasteiger partial charge < -0.3 is 15.6 Å². The van der Waals surface area contributed by atoms with Crippen molar-refractivity contribution in [1.29, 1.82) is 0 Å². The Hall–Kier alpha value is -1.22. The summed E-state index contributed by atoms with van der Waals surface area (Å²) >= 11 is 0. The van der Waals surface area contributed by atoms with Gasteiger partial charge in [0.2, 0.25) is 0 Å². The number of nitrogens with two attached hydrogens (primary N) is 1. The highest BCUT2D eigenvalue weighted by molar-refractivity contribution is 5.54. The van der Waals surface area contributed by atoms with Crippen LogP contribution in [0.5, 0.6) is 11.5 Å². The lowest BCUT2D eigenvalue weighted by Crippen LogP contribution is -2.19. The maximum atomic E-state index is 9.79. The molecular formula is C11H15NO2. The monoisotopic (exact) mass is 193 g/mol. The minimum absolute atomic E-state index is 0.210. The van der Waals surface area contributed by atoms with Gasteiger partial charge in [-0.15, -0.1) is 0 Å². The number of phenols is 1. The number of phenolic OH excluding ortho intramolecular Hbond substituents is 1. The summed E-state index contributed by atoms with van der Waals surface area (Å²) in [6.45, 7) is 1.84. The average molecular weight is 193 g/mol. The quantitative estimate of drug-likeness (QED) is 0.751. The van der Waals surface area contributed by atoms with E-state index in [-0.39, 0.29) is 11.3 Å². The Morgan fingerprint density at radius 2 is 2.07 bits per heavy atom. The normalized spacial score (nSPS) is 17.9. The first kappa shape index (κ1) is 9.34. The second kappa shape index (κ2) is 2.89. The van der Waals surface area contributed by atoms with Gasteiger partial charge in [-0.3, -0.25) is 0 Å². The highest BCUT2D eigenvalue weighted by Gasteiger charge is 2.42. The van der Waals surface area contributed by atoms with Crippen molar-refractivity contribution >= 4 is 0 Å². The molecule has 1 aliphatic carbocycles. The summed E-state index contributed by atoms with van der Waals surface area (Å²) in [6.07, 6.45) is 1.93. The lowest BCUT2D eigenvalue weighted by atomic mass is 10.0. The molecule has 0 heterocycles. The number of rotatable bonds is 2. The molecular weight excluding hydrogens is 178 g/mol. The maximum Gasteiger partial charge on any atom is 0.165 e. The van der Waals surface area contributed by atoms with Crippen LogP contribution in [-0.2, 0) is 5.54 Å². The molecule has 3 heteroatoms. The SMILES string of the molecule is COc1c(C2(N)CC2)ccc(C)c1O. The number of hydrogen-bond acceptors (Lipinski definition) is 3. The fourth-order valence-electron chi connectivity index (χ4n) is 1.67. The molecule has 0 atom stereocenters. The fraction of sp³-hybridized carbons (Fsp3) is 0.455. The first-order valence-corrected chi connectivity index (χ1v) is 4.74. The van der Waals surface area contributed by atoms with Gasteiger partial charge in [0, 0.05) is 11.1 Å². The number of aryl methyl sites for hydroxylation is 1. The lowest BCUT2D eigenvalue weighted by molar-refractivity contribution is 0.363. The standard InChI is InChI=1S/C11H15NO2/c1-7-3-4-8(11(12)5-6-11)10(14-2)9(7)13/h3-4,13H,5-6,12H2,1-2H3. The van der Waals surface area contributed by atoms with E-state index in [9.17, 15) is 5.11 Å². The van der Waals surface area contributed by atoms with Crippen LogP contribution in [0.25, 0.3) is 0 Å². The van der Waals surface area contributed by atoms with Crippen molar-refractivity contribution in [3.63, 3.8) is 0 Å². The minimum Gasteiger partial charge on any atom is -0.504 e. The van der Waals surface area contributed by atoms with Gasteiger partial charge in [-0.2, -0.15) is 0 Å². The molecule has 0 saturated heterocycles. The molecule has 0 aliphatic heterocycles. The van der Waals surface area contributed by atoms with Crippen molar-refractivity contribution in [3.05, 3.63) is 23.3 Å². The van der Waals surface area contributed by atoms with Gasteiger partial charge in [-0.1, -0.05) is 12.1 Å². The van der Waals surface area contributed by atoms with Crippen molar-refractivity contribution in [2.75, 3.05) is 7.11 Å². The molecule has 0 unspecified atom stereocenters.